The van der Waals surface area contributed by atoms with Crippen LogP contribution in [0.2, 0.25) is 0 Å². The summed E-state index contributed by atoms with van der Waals surface area (Å²) < 4.78 is 46.7. The quantitative estimate of drug-likeness (QED) is 0.0389. The summed E-state index contributed by atoms with van der Waals surface area (Å²) in [6, 6.07) is -2.91. The van der Waals surface area contributed by atoms with Gasteiger partial charge in [0, 0.05) is 6.92 Å². The number of rotatable bonds is 50. The van der Waals surface area contributed by atoms with Crippen LogP contribution >= 0.6 is 0 Å². The molecule has 0 aromatic heterocycles. The van der Waals surface area contributed by atoms with Gasteiger partial charge in [0.1, 0.15) is 104 Å². The fraction of sp³-hybridized carbons (Fsp3) is 0.970. The number of aliphatic hydroxyl groups is 14. The zero-order chi connectivity index (χ0) is 67.5. The number of carbonyl (C=O) groups excluding carboxylic acids is 2. The van der Waals surface area contributed by atoms with Gasteiger partial charge in [0.2, 0.25) is 11.8 Å². The van der Waals surface area contributed by atoms with Crippen LogP contribution in [0.4, 0.5) is 0 Å². The van der Waals surface area contributed by atoms with Crippen molar-refractivity contribution >= 4 is 11.8 Å². The summed E-state index contributed by atoms with van der Waals surface area (Å²) in [4.78, 5) is 26.0. The molecule has 26 heteroatoms. The van der Waals surface area contributed by atoms with E-state index < -0.39 is 185 Å². The Kier molecular flexibility index (Phi) is 41.6. The fourth-order valence-electron chi connectivity index (χ4n) is 12.6. The van der Waals surface area contributed by atoms with Crippen LogP contribution < -0.4 is 10.6 Å². The molecule has 4 rings (SSSR count). The Morgan fingerprint density at radius 1 is 0.446 bits per heavy atom. The first-order chi connectivity index (χ1) is 44.2. The molecule has 4 heterocycles. The Hall–Kier alpha value is -1.94. The van der Waals surface area contributed by atoms with Crippen LogP contribution in [0.1, 0.15) is 233 Å². The zero-order valence-electron chi connectivity index (χ0n) is 55.7. The molecule has 0 aliphatic carbocycles. The largest absolute Gasteiger partial charge is 0.394 e. The van der Waals surface area contributed by atoms with E-state index in [4.69, 9.17) is 37.9 Å². The van der Waals surface area contributed by atoms with Crippen LogP contribution in [-0.2, 0) is 47.5 Å². The lowest BCUT2D eigenvalue weighted by Gasteiger charge is -2.47. The lowest BCUT2D eigenvalue weighted by Crippen LogP contribution is -2.66. The van der Waals surface area contributed by atoms with Gasteiger partial charge in [0.05, 0.1) is 44.7 Å². The van der Waals surface area contributed by atoms with E-state index in [-0.39, 0.29) is 12.8 Å². The lowest BCUT2D eigenvalue weighted by molar-refractivity contribution is -0.371. The molecule has 16 N–H and O–H groups in total. The van der Waals surface area contributed by atoms with Gasteiger partial charge in [0.15, 0.2) is 25.2 Å². The molecular weight excluding hydrogens is 1200 g/mol. The number of hydrogen-bond donors (Lipinski definition) is 16. The molecule has 542 valence electrons. The monoisotopic (exact) mass is 1330 g/mol. The molecule has 0 spiro atoms. The van der Waals surface area contributed by atoms with Gasteiger partial charge in [-0.2, -0.15) is 0 Å². The van der Waals surface area contributed by atoms with Crippen molar-refractivity contribution in [3.8, 4) is 0 Å². The van der Waals surface area contributed by atoms with Crippen molar-refractivity contribution in [1.82, 2.24) is 10.6 Å². The molecule has 92 heavy (non-hydrogen) atoms. The Morgan fingerprint density at radius 2 is 0.859 bits per heavy atom. The molecule has 0 bridgehead atoms. The van der Waals surface area contributed by atoms with Crippen molar-refractivity contribution in [2.45, 2.75) is 380 Å². The third-order valence-corrected chi connectivity index (χ3v) is 18.5. The number of ether oxygens (including phenoxy) is 8. The molecule has 4 aliphatic heterocycles. The normalized spacial score (nSPS) is 32.7. The lowest BCUT2D eigenvalue weighted by atomic mass is 9.96. The highest BCUT2D eigenvalue weighted by molar-refractivity contribution is 5.80. The minimum absolute atomic E-state index is 0.126. The van der Waals surface area contributed by atoms with Gasteiger partial charge in [-0.25, -0.2) is 0 Å². The van der Waals surface area contributed by atoms with Gasteiger partial charge in [-0.15, -0.1) is 0 Å². The molecule has 24 atom stereocenters. The van der Waals surface area contributed by atoms with Crippen LogP contribution in [0.3, 0.4) is 0 Å². The predicted octanol–water partition coefficient (Wildman–Crippen LogP) is 2.54. The maximum Gasteiger partial charge on any atom is 0.249 e. The molecule has 4 saturated heterocycles. The molecule has 0 radical (unpaired) electrons. The third-order valence-electron chi connectivity index (χ3n) is 18.5. The third kappa shape index (κ3) is 28.5. The SMILES string of the molecule is CCCCCCCCCCCCCCCCCCC[C@@H](O)C(=O)N[C@@H](CO[C@H]1O[C@H](CO)[C@H](O)[C@H](O)[C@H]1O[C@H]1O[C@H](CO[C@@H]2O[C@H](CO[C@H]3O[C@H]([C@H](C)O)[C@@H](O)[C@@H]3O)[C@H](O)[C@H](O)[C@H]2NC(C)=O)[C@H](O)[C@H](O)[C@H]1O)[C@H](O)[C@H](O)CCCCCCCCCCCCCCC. The molecule has 26 nitrogen and oxygen atoms in total. The van der Waals surface area contributed by atoms with Crippen molar-refractivity contribution in [3.63, 3.8) is 0 Å². The molecule has 0 unspecified atom stereocenters. The van der Waals surface area contributed by atoms with E-state index >= 15 is 0 Å². The Labute approximate surface area is 546 Å². The molecule has 0 saturated carbocycles. The second kappa shape index (κ2) is 46.4. The summed E-state index contributed by atoms with van der Waals surface area (Å²) in [6.45, 7) is 3.98. The highest BCUT2D eigenvalue weighted by Crippen LogP contribution is 2.33. The van der Waals surface area contributed by atoms with E-state index in [1.54, 1.807) is 0 Å². The van der Waals surface area contributed by atoms with Crippen LogP contribution in [0.5, 0.6) is 0 Å². The van der Waals surface area contributed by atoms with Crippen molar-refractivity contribution in [3.05, 3.63) is 0 Å². The summed E-state index contributed by atoms with van der Waals surface area (Å²) in [6.07, 6.45) is -2.60. The van der Waals surface area contributed by atoms with E-state index in [1.807, 2.05) is 0 Å². The number of amides is 2. The van der Waals surface area contributed by atoms with Crippen molar-refractivity contribution in [1.29, 1.82) is 0 Å². The summed E-state index contributed by atoms with van der Waals surface area (Å²) >= 11 is 0. The minimum atomic E-state index is -2.09. The first-order valence-electron chi connectivity index (χ1n) is 35.3. The molecule has 0 aromatic rings. The smallest absolute Gasteiger partial charge is 0.249 e. The summed E-state index contributed by atoms with van der Waals surface area (Å²) in [5.41, 5.74) is 0. The van der Waals surface area contributed by atoms with Crippen LogP contribution in [0, 0.1) is 0 Å². The summed E-state index contributed by atoms with van der Waals surface area (Å²) in [7, 11) is 0. The standard InChI is InChI=1S/C66H124N2O24/c1-5-7-9-11-13-15-17-19-20-21-22-24-26-28-30-32-34-36-45(73)62(84)68-43(50(74)44(72)35-33-31-29-27-25-23-18-16-14-12-10-8-6-2)38-85-66-61(56(80)51(75)46(37-69)88-66)92-65-58(82)55(79)53(77)48(90-65)39-86-63-49(67-42(4)71)54(78)52(76)47(89-63)40-87-64-59(83)57(81)60(91-64)41(3)70/h41,43-61,63-66,69-70,72-83H,5-40H2,1-4H3,(H,67,71)(H,68,84)/t41-,43-,44+,45+,46+,47+,48+,49+,50-,51-,52-,53-,54+,55-,56-,57-,58+,59-,60+,61+,63+,64-,65+,66-/m0/s1. The van der Waals surface area contributed by atoms with Gasteiger partial charge >= 0.3 is 0 Å². The van der Waals surface area contributed by atoms with Gasteiger partial charge < -0.3 is 120 Å². The van der Waals surface area contributed by atoms with E-state index in [0.29, 0.717) is 12.8 Å². The average Bonchev–Trinajstić information content (AvgIpc) is 1.38. The van der Waals surface area contributed by atoms with Crippen LogP contribution in [-0.4, -0.2) is 257 Å². The van der Waals surface area contributed by atoms with Gasteiger partial charge in [-0.05, 0) is 19.8 Å². The average molecular weight is 1330 g/mol. The van der Waals surface area contributed by atoms with Gasteiger partial charge in [-0.1, -0.05) is 206 Å². The van der Waals surface area contributed by atoms with Crippen LogP contribution in [0.25, 0.3) is 0 Å². The van der Waals surface area contributed by atoms with E-state index in [2.05, 4.69) is 24.5 Å². The maximum atomic E-state index is 13.7. The first-order valence-corrected chi connectivity index (χ1v) is 35.3. The minimum Gasteiger partial charge on any atom is -0.394 e. The van der Waals surface area contributed by atoms with E-state index in [1.165, 1.54) is 129 Å². The number of aliphatic hydroxyl groups excluding tert-OH is 14. The Bertz CT molecular complexity index is 1910. The molecule has 4 fully saturated rings. The highest BCUT2D eigenvalue weighted by Gasteiger charge is 2.53. The number of hydrogen-bond acceptors (Lipinski definition) is 24. The Balaban J connectivity index is 1.39. The second-order valence-corrected chi connectivity index (χ2v) is 26.4. The molecule has 0 aromatic carbocycles. The number of carbonyl (C=O) groups is 2. The summed E-state index contributed by atoms with van der Waals surface area (Å²) in [5.74, 6) is -1.53. The molecule has 4 aliphatic rings. The van der Waals surface area contributed by atoms with Crippen LogP contribution in [0.15, 0.2) is 0 Å². The maximum absolute atomic E-state index is 13.7. The summed E-state index contributed by atoms with van der Waals surface area (Å²) in [5, 5.41) is 159. The number of nitrogens with one attached hydrogen (secondary N) is 2. The highest BCUT2D eigenvalue weighted by atomic mass is 16.8. The zero-order valence-corrected chi connectivity index (χ0v) is 55.7. The van der Waals surface area contributed by atoms with E-state index in [9.17, 15) is 81.1 Å². The van der Waals surface area contributed by atoms with Gasteiger partial charge in [0.25, 0.3) is 0 Å². The topological polar surface area (TPSA) is 415 Å². The number of unbranched alkanes of at least 4 members (excludes halogenated alkanes) is 28. The molecule has 2 amide bonds. The van der Waals surface area contributed by atoms with E-state index in [0.717, 1.165) is 64.7 Å². The molecular formula is C66H124N2O24. The second-order valence-electron chi connectivity index (χ2n) is 26.4. The van der Waals surface area contributed by atoms with Gasteiger partial charge in [-0.3, -0.25) is 9.59 Å². The first kappa shape index (κ1) is 82.5. The van der Waals surface area contributed by atoms with Crippen molar-refractivity contribution < 1.29 is 119 Å². The van der Waals surface area contributed by atoms with Crippen molar-refractivity contribution in [2.24, 2.45) is 0 Å². The fourth-order valence-corrected chi connectivity index (χ4v) is 12.6. The Morgan fingerprint density at radius 3 is 1.32 bits per heavy atom. The van der Waals surface area contributed by atoms with Crippen molar-refractivity contribution in [2.75, 3.05) is 26.4 Å². The predicted molar refractivity (Wildman–Crippen MR) is 337 cm³/mol.